The van der Waals surface area contributed by atoms with Gasteiger partial charge in [0.15, 0.2) is 0 Å². The van der Waals surface area contributed by atoms with E-state index in [0.717, 1.165) is 39.0 Å². The van der Waals surface area contributed by atoms with E-state index in [2.05, 4.69) is 18.7 Å². The molecule has 1 heterocycles. The predicted molar refractivity (Wildman–Crippen MR) is 83.0 cm³/mol. The molecule has 1 aliphatic heterocycles. The third-order valence-corrected chi connectivity index (χ3v) is 4.49. The first-order valence-electron chi connectivity index (χ1n) is 7.86. The molecule has 0 aromatic heterocycles. The molecule has 21 heavy (non-hydrogen) atoms. The third kappa shape index (κ3) is 3.62. The van der Waals surface area contributed by atoms with Crippen molar-refractivity contribution in [2.75, 3.05) is 26.2 Å². The fourth-order valence-corrected chi connectivity index (χ4v) is 3.13. The van der Waals surface area contributed by atoms with E-state index in [0.29, 0.717) is 17.2 Å². The highest BCUT2D eigenvalue weighted by atomic mass is 19.1. The van der Waals surface area contributed by atoms with Crippen LogP contribution in [0, 0.1) is 12.7 Å². The summed E-state index contributed by atoms with van der Waals surface area (Å²) in [6, 6.07) is 5.19. The Kier molecular flexibility index (Phi) is 5.34. The van der Waals surface area contributed by atoms with Crippen LogP contribution in [0.5, 0.6) is 0 Å². The summed E-state index contributed by atoms with van der Waals surface area (Å²) >= 11 is 0. The fourth-order valence-electron chi connectivity index (χ4n) is 3.13. The van der Waals surface area contributed by atoms with Crippen molar-refractivity contribution in [1.29, 1.82) is 0 Å². The maximum Gasteiger partial charge on any atom is 0.253 e. The van der Waals surface area contributed by atoms with Crippen LogP contribution in [0.4, 0.5) is 4.39 Å². The summed E-state index contributed by atoms with van der Waals surface area (Å²) in [5.41, 5.74) is 1.12. The largest absolute Gasteiger partial charge is 0.339 e. The van der Waals surface area contributed by atoms with Gasteiger partial charge in [0, 0.05) is 24.7 Å². The molecule has 0 atom stereocenters. The lowest BCUT2D eigenvalue weighted by Crippen LogP contribution is -2.46. The lowest BCUT2D eigenvalue weighted by molar-refractivity contribution is 0.0631. The van der Waals surface area contributed by atoms with Gasteiger partial charge in [0.05, 0.1) is 0 Å². The van der Waals surface area contributed by atoms with Gasteiger partial charge in [-0.2, -0.15) is 0 Å². The van der Waals surface area contributed by atoms with Crippen molar-refractivity contribution >= 4 is 5.91 Å². The number of carbonyl (C=O) groups is 1. The van der Waals surface area contributed by atoms with Gasteiger partial charge in [-0.25, -0.2) is 4.39 Å². The molecule has 1 saturated heterocycles. The Morgan fingerprint density at radius 1 is 1.29 bits per heavy atom. The van der Waals surface area contributed by atoms with Crippen LogP contribution in [-0.4, -0.2) is 47.9 Å². The first kappa shape index (κ1) is 16.0. The first-order chi connectivity index (χ1) is 10.1. The highest BCUT2D eigenvalue weighted by Gasteiger charge is 2.26. The summed E-state index contributed by atoms with van der Waals surface area (Å²) in [6.07, 6.45) is 2.04. The van der Waals surface area contributed by atoms with Crippen LogP contribution in [-0.2, 0) is 0 Å². The number of piperidine rings is 1. The molecule has 0 aliphatic carbocycles. The van der Waals surface area contributed by atoms with Crippen molar-refractivity contribution in [3.63, 3.8) is 0 Å². The fraction of sp³-hybridized carbons (Fsp3) is 0.588. The number of amides is 1. The van der Waals surface area contributed by atoms with E-state index >= 15 is 0 Å². The monoisotopic (exact) mass is 292 g/mol. The molecule has 0 unspecified atom stereocenters. The Morgan fingerprint density at radius 2 is 1.90 bits per heavy atom. The Hall–Kier alpha value is -1.42. The number of likely N-dealkylation sites (tertiary alicyclic amines) is 1. The second-order valence-electron chi connectivity index (χ2n) is 5.71. The van der Waals surface area contributed by atoms with E-state index < -0.39 is 0 Å². The van der Waals surface area contributed by atoms with Crippen LogP contribution in [0.2, 0.25) is 0 Å². The van der Waals surface area contributed by atoms with Gasteiger partial charge in [-0.1, -0.05) is 13.8 Å². The van der Waals surface area contributed by atoms with Crippen LogP contribution in [0.25, 0.3) is 0 Å². The number of aryl methyl sites for hydroxylation is 1. The van der Waals surface area contributed by atoms with Crippen LogP contribution in [0.3, 0.4) is 0 Å². The smallest absolute Gasteiger partial charge is 0.253 e. The number of hydrogen-bond donors (Lipinski definition) is 0. The summed E-state index contributed by atoms with van der Waals surface area (Å²) in [5, 5.41) is 0. The standard InChI is InChI=1S/C17H25FN2O/c1-4-19(5-2)15-8-10-20(11-9-15)17(21)14-6-7-16(18)13(3)12-14/h6-7,12,15H,4-5,8-11H2,1-3H3. The van der Waals surface area contributed by atoms with Gasteiger partial charge in [0.25, 0.3) is 5.91 Å². The van der Waals surface area contributed by atoms with E-state index in [-0.39, 0.29) is 11.7 Å². The SMILES string of the molecule is CCN(CC)C1CCN(C(=O)c2ccc(F)c(C)c2)CC1. The van der Waals surface area contributed by atoms with Crippen LogP contribution >= 0.6 is 0 Å². The van der Waals surface area contributed by atoms with E-state index in [1.54, 1.807) is 19.1 Å². The molecule has 0 N–H and O–H groups in total. The Labute approximate surface area is 126 Å². The highest BCUT2D eigenvalue weighted by molar-refractivity contribution is 5.94. The minimum atomic E-state index is -0.258. The molecule has 0 spiro atoms. The minimum Gasteiger partial charge on any atom is -0.339 e. The topological polar surface area (TPSA) is 23.6 Å². The van der Waals surface area contributed by atoms with Gasteiger partial charge in [-0.3, -0.25) is 4.79 Å². The third-order valence-electron chi connectivity index (χ3n) is 4.49. The summed E-state index contributed by atoms with van der Waals surface area (Å²) < 4.78 is 13.3. The van der Waals surface area contributed by atoms with Crippen molar-refractivity contribution in [3.05, 3.63) is 35.1 Å². The number of carbonyl (C=O) groups excluding carboxylic acids is 1. The number of rotatable bonds is 4. The molecule has 1 aromatic rings. The molecule has 2 rings (SSSR count). The number of benzene rings is 1. The Balaban J connectivity index is 1.98. The zero-order chi connectivity index (χ0) is 15.4. The second-order valence-corrected chi connectivity index (χ2v) is 5.71. The maximum absolute atomic E-state index is 13.3. The minimum absolute atomic E-state index is 0.0242. The van der Waals surface area contributed by atoms with Gasteiger partial charge < -0.3 is 9.80 Å². The lowest BCUT2D eigenvalue weighted by Gasteiger charge is -2.37. The van der Waals surface area contributed by atoms with Crippen molar-refractivity contribution in [3.8, 4) is 0 Å². The van der Waals surface area contributed by atoms with Crippen LogP contribution in [0.15, 0.2) is 18.2 Å². The molecular weight excluding hydrogens is 267 g/mol. The van der Waals surface area contributed by atoms with Gasteiger partial charge >= 0.3 is 0 Å². The highest BCUT2D eigenvalue weighted by Crippen LogP contribution is 2.19. The van der Waals surface area contributed by atoms with Crippen LogP contribution in [0.1, 0.15) is 42.6 Å². The molecule has 1 fully saturated rings. The molecule has 4 heteroatoms. The number of halogens is 1. The zero-order valence-electron chi connectivity index (χ0n) is 13.2. The van der Waals surface area contributed by atoms with E-state index in [1.807, 2.05) is 4.90 Å². The van der Waals surface area contributed by atoms with Gasteiger partial charge in [-0.15, -0.1) is 0 Å². The second kappa shape index (κ2) is 7.03. The summed E-state index contributed by atoms with van der Waals surface area (Å²) in [5.74, 6) is -0.233. The molecule has 0 radical (unpaired) electrons. The molecule has 3 nitrogen and oxygen atoms in total. The van der Waals surface area contributed by atoms with E-state index in [1.165, 1.54) is 6.07 Å². The molecule has 0 bridgehead atoms. The quantitative estimate of drug-likeness (QED) is 0.851. The van der Waals surface area contributed by atoms with Crippen molar-refractivity contribution in [1.82, 2.24) is 9.80 Å². The number of hydrogen-bond acceptors (Lipinski definition) is 2. The average Bonchev–Trinajstić information content (AvgIpc) is 2.51. The normalized spacial score (nSPS) is 16.5. The van der Waals surface area contributed by atoms with Crippen molar-refractivity contribution < 1.29 is 9.18 Å². The first-order valence-corrected chi connectivity index (χ1v) is 7.86. The summed E-state index contributed by atoms with van der Waals surface area (Å²) in [7, 11) is 0. The maximum atomic E-state index is 13.3. The summed E-state index contributed by atoms with van der Waals surface area (Å²) in [4.78, 5) is 16.8. The molecule has 1 aromatic carbocycles. The zero-order valence-corrected chi connectivity index (χ0v) is 13.2. The Morgan fingerprint density at radius 3 is 2.43 bits per heavy atom. The van der Waals surface area contributed by atoms with Crippen molar-refractivity contribution in [2.24, 2.45) is 0 Å². The lowest BCUT2D eigenvalue weighted by atomic mass is 10.0. The summed E-state index contributed by atoms with van der Waals surface area (Å²) in [6.45, 7) is 9.76. The molecule has 1 amide bonds. The number of nitrogens with zero attached hydrogens (tertiary/aromatic N) is 2. The van der Waals surface area contributed by atoms with Crippen molar-refractivity contribution in [2.45, 2.75) is 39.7 Å². The molecular formula is C17H25FN2O. The van der Waals surface area contributed by atoms with Gasteiger partial charge in [0.2, 0.25) is 0 Å². The van der Waals surface area contributed by atoms with E-state index in [4.69, 9.17) is 0 Å². The Bertz CT molecular complexity index is 492. The average molecular weight is 292 g/mol. The van der Waals surface area contributed by atoms with E-state index in [9.17, 15) is 9.18 Å². The van der Waals surface area contributed by atoms with Gasteiger partial charge in [0.1, 0.15) is 5.82 Å². The van der Waals surface area contributed by atoms with Gasteiger partial charge in [-0.05, 0) is 56.6 Å². The predicted octanol–water partition coefficient (Wildman–Crippen LogP) is 3.08. The molecule has 1 aliphatic rings. The van der Waals surface area contributed by atoms with Crippen LogP contribution < -0.4 is 0 Å². The molecule has 0 saturated carbocycles. The molecule has 116 valence electrons.